The SMILES string of the molecule is C.CC.CC.O=C1c2c(O)c(=O)cnn2[CH-]C2CCCN12.O=C1c2c(O)c(=O)cnn2[CH-]C2OCCN12.[Y].[Y]. The van der Waals surface area contributed by atoms with Gasteiger partial charge in [-0.15, -0.1) is 6.54 Å². The molecule has 0 bridgehead atoms. The number of aromatic nitrogens is 4. The number of hydrogen-bond donors (Lipinski definition) is 2. The van der Waals surface area contributed by atoms with E-state index in [9.17, 15) is 29.4 Å². The van der Waals surface area contributed by atoms with Crippen molar-refractivity contribution in [2.24, 2.45) is 0 Å². The minimum Gasteiger partial charge on any atom is -0.520 e. The molecule has 0 aliphatic carbocycles. The summed E-state index contributed by atoms with van der Waals surface area (Å²) in [7, 11) is 0. The number of aromatic hydroxyl groups is 2. The molecule has 2 amide bonds. The quantitative estimate of drug-likeness (QED) is 0.384. The fourth-order valence-corrected chi connectivity index (χ4v) is 4.13. The number of ether oxygens (including phenoxy) is 1. The normalized spacial score (nSPS) is 18.9. The van der Waals surface area contributed by atoms with Gasteiger partial charge in [-0.3, -0.25) is 19.2 Å². The van der Waals surface area contributed by atoms with E-state index < -0.39 is 34.5 Å². The van der Waals surface area contributed by atoms with Gasteiger partial charge >= 0.3 is 0 Å². The summed E-state index contributed by atoms with van der Waals surface area (Å²) in [4.78, 5) is 49.5. The van der Waals surface area contributed by atoms with Gasteiger partial charge in [-0.2, -0.15) is 0 Å². The van der Waals surface area contributed by atoms with Crippen LogP contribution in [0.5, 0.6) is 11.5 Å². The third kappa shape index (κ3) is 7.30. The van der Waals surface area contributed by atoms with Crippen LogP contribution < -0.4 is 10.9 Å². The number of carbonyl (C=O) groups excluding carboxylic acids is 2. The monoisotopic (exact) mass is 696 g/mol. The van der Waals surface area contributed by atoms with Crippen molar-refractivity contribution in [1.29, 1.82) is 0 Å². The van der Waals surface area contributed by atoms with Crippen LogP contribution in [0.2, 0.25) is 0 Å². The Morgan fingerprint density at radius 3 is 1.85 bits per heavy atom. The van der Waals surface area contributed by atoms with Crippen LogP contribution in [0, 0.1) is 13.1 Å². The fourth-order valence-electron chi connectivity index (χ4n) is 4.13. The van der Waals surface area contributed by atoms with Crippen LogP contribution in [0.1, 0.15) is 68.9 Å². The summed E-state index contributed by atoms with van der Waals surface area (Å²) < 4.78 is 7.78. The fraction of sp³-hybridized carbons (Fsp3) is 0.500. The predicted octanol–water partition coefficient (Wildman–Crippen LogP) is 1.03. The van der Waals surface area contributed by atoms with Crippen molar-refractivity contribution in [3.05, 3.63) is 57.3 Å². The molecule has 6 rings (SSSR count). The van der Waals surface area contributed by atoms with Gasteiger partial charge in [0.15, 0.2) is 11.8 Å². The molecule has 2 fully saturated rings. The summed E-state index contributed by atoms with van der Waals surface area (Å²) in [5.41, 5.74) is -1.41. The van der Waals surface area contributed by atoms with Crippen LogP contribution in [0.25, 0.3) is 0 Å². The van der Waals surface area contributed by atoms with Crippen molar-refractivity contribution in [3.8, 4) is 11.5 Å². The molecule has 15 heteroatoms. The first-order chi connectivity index (χ1) is 17.4. The zero-order valence-corrected chi connectivity index (χ0v) is 27.4. The number of hydrogen-bond acceptors (Lipinski definition) is 9. The van der Waals surface area contributed by atoms with Crippen molar-refractivity contribution in [1.82, 2.24) is 29.4 Å². The van der Waals surface area contributed by atoms with Gasteiger partial charge in [0.2, 0.25) is 10.9 Å². The minimum absolute atomic E-state index is 0. The first-order valence-electron chi connectivity index (χ1n) is 11.9. The Balaban J connectivity index is 0.000000615. The maximum absolute atomic E-state index is 12.0. The van der Waals surface area contributed by atoms with E-state index in [1.807, 2.05) is 27.7 Å². The summed E-state index contributed by atoms with van der Waals surface area (Å²) >= 11 is 0. The van der Waals surface area contributed by atoms with Crippen LogP contribution in [-0.4, -0.2) is 83.4 Å². The van der Waals surface area contributed by atoms with E-state index in [2.05, 4.69) is 10.2 Å². The molecule has 0 spiro atoms. The smallest absolute Gasteiger partial charge is 0.223 e. The van der Waals surface area contributed by atoms with Crippen molar-refractivity contribution >= 4 is 11.8 Å². The van der Waals surface area contributed by atoms with Gasteiger partial charge < -0.3 is 34.1 Å². The standard InChI is InChI=1S/C10H10N3O3.C9H8N3O4.2C2H6.CH4.2Y/c14-7-4-11-13-5-6-2-1-3-12(6)10(16)8(13)9(7)15;13-5-3-10-12-4-6-11(1-2-16-6)9(15)7(12)8(5)14;2*1-2;;;/h4-6,15H,1-3H2;3-4,6,14H,1-2H2;2*1-2H3;1H4;;/q2*-1;;;;;. The molecule has 39 heavy (non-hydrogen) atoms. The molecule has 0 aromatic carbocycles. The van der Waals surface area contributed by atoms with Crippen molar-refractivity contribution in [2.75, 3.05) is 19.7 Å². The third-order valence-corrected chi connectivity index (χ3v) is 5.71. The Labute approximate surface area is 277 Å². The molecule has 2 atom stereocenters. The topological polar surface area (TPSA) is 160 Å². The molecule has 0 saturated carbocycles. The van der Waals surface area contributed by atoms with Crippen LogP contribution in [0.15, 0.2) is 22.0 Å². The summed E-state index contributed by atoms with van der Waals surface area (Å²) in [6, 6.07) is 0.0365. The molecule has 2 unspecified atom stereocenters. The molecule has 2 radical (unpaired) electrons. The molecule has 2 aromatic heterocycles. The van der Waals surface area contributed by atoms with Gasteiger partial charge in [0, 0.05) is 95.9 Å². The number of amides is 2. The predicted molar refractivity (Wildman–Crippen MR) is 134 cm³/mol. The van der Waals surface area contributed by atoms with E-state index in [1.54, 1.807) is 18.0 Å². The van der Waals surface area contributed by atoms with E-state index in [-0.39, 0.29) is 96.2 Å². The number of fused-ring (bicyclic) bond motifs is 4. The second-order valence-corrected chi connectivity index (χ2v) is 7.57. The van der Waals surface area contributed by atoms with Gasteiger partial charge in [-0.1, -0.05) is 41.7 Å². The summed E-state index contributed by atoms with van der Waals surface area (Å²) in [5.74, 6) is -1.83. The van der Waals surface area contributed by atoms with E-state index in [0.717, 1.165) is 25.2 Å². The molecule has 210 valence electrons. The Kier molecular flexibility index (Phi) is 15.7. The van der Waals surface area contributed by atoms with Crippen molar-refractivity contribution in [3.63, 3.8) is 0 Å². The molecule has 4 aliphatic heterocycles. The first kappa shape index (κ1) is 37.2. The summed E-state index contributed by atoms with van der Waals surface area (Å²) in [6.45, 7) is 12.9. The van der Waals surface area contributed by atoms with E-state index in [1.165, 1.54) is 14.3 Å². The average Bonchev–Trinajstić information content (AvgIpc) is 3.57. The first-order valence-corrected chi connectivity index (χ1v) is 11.9. The maximum Gasteiger partial charge on any atom is 0.223 e. The summed E-state index contributed by atoms with van der Waals surface area (Å²) in [6.07, 6.45) is 3.36. The zero-order valence-electron chi connectivity index (χ0n) is 21.8. The van der Waals surface area contributed by atoms with E-state index in [0.29, 0.717) is 19.7 Å². The number of nitrogens with zero attached hydrogens (tertiary/aromatic N) is 6. The Morgan fingerprint density at radius 2 is 1.31 bits per heavy atom. The van der Waals surface area contributed by atoms with Crippen LogP contribution >= 0.6 is 0 Å². The van der Waals surface area contributed by atoms with Gasteiger partial charge in [0.1, 0.15) is 17.7 Å². The van der Waals surface area contributed by atoms with Crippen LogP contribution in [0.4, 0.5) is 0 Å². The van der Waals surface area contributed by atoms with Gasteiger partial charge in [-0.25, -0.2) is 10.2 Å². The van der Waals surface area contributed by atoms with E-state index in [4.69, 9.17) is 4.74 Å². The van der Waals surface area contributed by atoms with E-state index >= 15 is 0 Å². The van der Waals surface area contributed by atoms with Crippen molar-refractivity contribution < 1.29 is 90.0 Å². The van der Waals surface area contributed by atoms with Crippen molar-refractivity contribution in [2.45, 2.75) is 60.2 Å². The molecule has 13 nitrogen and oxygen atoms in total. The molecular formula is C24H34N6O7Y2-2. The van der Waals surface area contributed by atoms with Gasteiger partial charge in [0.05, 0.1) is 19.0 Å². The Hall–Kier alpha value is -1.79. The maximum atomic E-state index is 12.0. The Bertz CT molecular complexity index is 1160. The van der Waals surface area contributed by atoms with Crippen LogP contribution in [0.3, 0.4) is 0 Å². The largest absolute Gasteiger partial charge is 0.520 e. The minimum atomic E-state index is -0.661. The zero-order chi connectivity index (χ0) is 26.6. The molecule has 6 heterocycles. The third-order valence-electron chi connectivity index (χ3n) is 5.71. The van der Waals surface area contributed by atoms with Gasteiger partial charge in [-0.05, 0) is 12.8 Å². The molecule has 4 aliphatic rings. The van der Waals surface area contributed by atoms with Crippen LogP contribution in [-0.2, 0) is 70.2 Å². The molecule has 2 saturated heterocycles. The molecular weight excluding hydrogens is 662 g/mol. The molecule has 2 aromatic rings. The summed E-state index contributed by atoms with van der Waals surface area (Å²) in [5, 5.41) is 26.7. The number of rotatable bonds is 0. The molecule has 2 N–H and O–H groups in total. The average molecular weight is 696 g/mol. The van der Waals surface area contributed by atoms with Gasteiger partial charge in [0.25, 0.3) is 0 Å². The Morgan fingerprint density at radius 1 is 0.821 bits per heavy atom. The number of carbonyl (C=O) groups is 2. The second-order valence-electron chi connectivity index (χ2n) is 7.57. The second kappa shape index (κ2) is 16.5.